The minimum atomic E-state index is -0.567. The maximum Gasteiger partial charge on any atom is 0.126 e. The molecule has 1 aromatic rings. The number of benzene rings is 1. The van der Waals surface area contributed by atoms with Crippen molar-refractivity contribution in [2.45, 2.75) is 12.5 Å². The molecule has 2 rings (SSSR count). The van der Waals surface area contributed by atoms with Crippen LogP contribution in [0.3, 0.4) is 0 Å². The van der Waals surface area contributed by atoms with Crippen molar-refractivity contribution in [1.29, 1.82) is 0 Å². The van der Waals surface area contributed by atoms with Crippen LogP contribution in [0.5, 0.6) is 0 Å². The van der Waals surface area contributed by atoms with Gasteiger partial charge in [0.25, 0.3) is 0 Å². The largest absolute Gasteiger partial charge is 0.396 e. The normalized spacial score (nSPS) is 17.8. The number of nitrogens with zero attached hydrogens (tertiary/aromatic N) is 1. The lowest BCUT2D eigenvalue weighted by Crippen LogP contribution is -2.45. The highest BCUT2D eigenvalue weighted by atomic mass is 35.5. The summed E-state index contributed by atoms with van der Waals surface area (Å²) in [4.78, 5) is 2.15. The van der Waals surface area contributed by atoms with Gasteiger partial charge < -0.3 is 10.4 Å². The molecular formula is C13H19ClF2N2O. The van der Waals surface area contributed by atoms with E-state index >= 15 is 0 Å². The number of piperazine rings is 1. The lowest BCUT2D eigenvalue weighted by Gasteiger charge is -2.35. The monoisotopic (exact) mass is 292 g/mol. The van der Waals surface area contributed by atoms with Gasteiger partial charge in [-0.1, -0.05) is 0 Å². The van der Waals surface area contributed by atoms with E-state index < -0.39 is 11.6 Å². The molecule has 0 aliphatic carbocycles. The van der Waals surface area contributed by atoms with Gasteiger partial charge in [-0.15, -0.1) is 12.4 Å². The van der Waals surface area contributed by atoms with E-state index in [0.717, 1.165) is 32.2 Å². The average Bonchev–Trinajstić information content (AvgIpc) is 2.36. The predicted molar refractivity (Wildman–Crippen MR) is 72.5 cm³/mol. The lowest BCUT2D eigenvalue weighted by molar-refractivity contribution is 0.140. The van der Waals surface area contributed by atoms with Crippen LogP contribution < -0.4 is 5.32 Å². The van der Waals surface area contributed by atoms with E-state index in [1.807, 2.05) is 0 Å². The van der Waals surface area contributed by atoms with Crippen molar-refractivity contribution in [3.63, 3.8) is 0 Å². The van der Waals surface area contributed by atoms with Gasteiger partial charge in [-0.3, -0.25) is 4.90 Å². The molecule has 1 atom stereocenters. The summed E-state index contributed by atoms with van der Waals surface area (Å²) < 4.78 is 26.5. The first-order chi connectivity index (χ1) is 8.70. The smallest absolute Gasteiger partial charge is 0.126 e. The molecule has 1 fully saturated rings. The summed E-state index contributed by atoms with van der Waals surface area (Å²) in [6.07, 6.45) is 0.489. The lowest BCUT2D eigenvalue weighted by atomic mass is 10.0. The fraction of sp³-hybridized carbons (Fsp3) is 0.538. The molecule has 0 aromatic heterocycles. The average molecular weight is 293 g/mol. The molecule has 0 spiro atoms. The van der Waals surface area contributed by atoms with Crippen molar-refractivity contribution >= 4 is 12.4 Å². The highest BCUT2D eigenvalue weighted by Gasteiger charge is 2.22. The number of aliphatic hydroxyl groups is 1. The Bertz CT molecular complexity index is 380. The minimum Gasteiger partial charge on any atom is -0.396 e. The third-order valence-corrected chi connectivity index (χ3v) is 3.26. The number of hydrogen-bond acceptors (Lipinski definition) is 3. The van der Waals surface area contributed by atoms with Crippen LogP contribution in [0.4, 0.5) is 8.78 Å². The maximum atomic E-state index is 13.3. The molecule has 1 aromatic carbocycles. The summed E-state index contributed by atoms with van der Waals surface area (Å²) in [6.45, 7) is 3.37. The Balaban J connectivity index is 0.00000180. The number of hydrogen-bond donors (Lipinski definition) is 2. The van der Waals surface area contributed by atoms with Gasteiger partial charge in [0, 0.05) is 44.9 Å². The van der Waals surface area contributed by atoms with Crippen molar-refractivity contribution in [3.05, 3.63) is 35.4 Å². The Hall–Kier alpha value is -0.750. The summed E-state index contributed by atoms with van der Waals surface area (Å²) in [5, 5.41) is 12.4. The molecule has 0 unspecified atom stereocenters. The molecule has 0 saturated carbocycles. The summed E-state index contributed by atoms with van der Waals surface area (Å²) >= 11 is 0. The molecule has 6 heteroatoms. The van der Waals surface area contributed by atoms with Crippen molar-refractivity contribution < 1.29 is 13.9 Å². The van der Waals surface area contributed by atoms with Crippen molar-refractivity contribution in [3.8, 4) is 0 Å². The molecule has 1 aliphatic rings. The van der Waals surface area contributed by atoms with Crippen LogP contribution in [-0.2, 0) is 0 Å². The fourth-order valence-corrected chi connectivity index (χ4v) is 2.44. The van der Waals surface area contributed by atoms with E-state index in [9.17, 15) is 8.78 Å². The van der Waals surface area contributed by atoms with Crippen LogP contribution in [0.2, 0.25) is 0 Å². The second-order valence-electron chi connectivity index (χ2n) is 4.52. The van der Waals surface area contributed by atoms with Gasteiger partial charge in [0.05, 0.1) is 0 Å². The number of nitrogens with one attached hydrogen (secondary N) is 1. The Morgan fingerprint density at radius 1 is 1.16 bits per heavy atom. The first kappa shape index (κ1) is 16.3. The van der Waals surface area contributed by atoms with Crippen molar-refractivity contribution in [1.82, 2.24) is 10.2 Å². The Labute approximate surface area is 118 Å². The molecular weight excluding hydrogens is 274 g/mol. The Morgan fingerprint density at radius 3 is 2.26 bits per heavy atom. The Kier molecular flexibility index (Phi) is 6.65. The molecule has 0 bridgehead atoms. The SMILES string of the molecule is Cl.OCC[C@H](c1cc(F)cc(F)c1)N1CCNCC1. The first-order valence-electron chi connectivity index (χ1n) is 6.22. The second kappa shape index (κ2) is 7.75. The molecule has 0 radical (unpaired) electrons. The van der Waals surface area contributed by atoms with Crippen molar-refractivity contribution in [2.75, 3.05) is 32.8 Å². The van der Waals surface area contributed by atoms with Gasteiger partial charge in [0.15, 0.2) is 0 Å². The third kappa shape index (κ3) is 4.38. The van der Waals surface area contributed by atoms with Crippen LogP contribution in [-0.4, -0.2) is 42.8 Å². The fourth-order valence-electron chi connectivity index (χ4n) is 2.44. The van der Waals surface area contributed by atoms with Crippen molar-refractivity contribution in [2.24, 2.45) is 0 Å². The number of rotatable bonds is 4. The molecule has 0 amide bonds. The number of halogens is 3. The third-order valence-electron chi connectivity index (χ3n) is 3.26. The van der Waals surface area contributed by atoms with Crippen LogP contribution in [0.15, 0.2) is 18.2 Å². The molecule has 1 heterocycles. The van der Waals surface area contributed by atoms with Gasteiger partial charge in [-0.2, -0.15) is 0 Å². The quantitative estimate of drug-likeness (QED) is 0.887. The molecule has 1 aliphatic heterocycles. The molecule has 19 heavy (non-hydrogen) atoms. The van der Waals surface area contributed by atoms with Gasteiger partial charge in [-0.25, -0.2) is 8.78 Å². The van der Waals surface area contributed by atoms with E-state index in [2.05, 4.69) is 10.2 Å². The van der Waals surface area contributed by atoms with Gasteiger partial charge in [0.2, 0.25) is 0 Å². The molecule has 1 saturated heterocycles. The topological polar surface area (TPSA) is 35.5 Å². The highest BCUT2D eigenvalue weighted by Crippen LogP contribution is 2.25. The van der Waals surface area contributed by atoms with Crippen LogP contribution in [0.1, 0.15) is 18.0 Å². The van der Waals surface area contributed by atoms with E-state index in [4.69, 9.17) is 5.11 Å². The zero-order valence-corrected chi connectivity index (χ0v) is 11.4. The van der Waals surface area contributed by atoms with Gasteiger partial charge in [0.1, 0.15) is 11.6 Å². The summed E-state index contributed by atoms with van der Waals surface area (Å²) in [5.74, 6) is -1.13. The Morgan fingerprint density at radius 2 is 1.74 bits per heavy atom. The zero-order valence-electron chi connectivity index (χ0n) is 10.6. The predicted octanol–water partition coefficient (Wildman–Crippen LogP) is 1.72. The summed E-state index contributed by atoms with van der Waals surface area (Å²) in [5.41, 5.74) is 0.600. The summed E-state index contributed by atoms with van der Waals surface area (Å²) in [6, 6.07) is 3.45. The van der Waals surface area contributed by atoms with E-state index in [1.54, 1.807) is 0 Å². The molecule has 108 valence electrons. The highest BCUT2D eigenvalue weighted by molar-refractivity contribution is 5.85. The van der Waals surface area contributed by atoms with Gasteiger partial charge in [-0.05, 0) is 24.1 Å². The van der Waals surface area contributed by atoms with Crippen LogP contribution >= 0.6 is 12.4 Å². The summed E-state index contributed by atoms with van der Waals surface area (Å²) in [7, 11) is 0. The van der Waals surface area contributed by atoms with E-state index in [1.165, 1.54) is 12.1 Å². The second-order valence-corrected chi connectivity index (χ2v) is 4.52. The minimum absolute atomic E-state index is 0. The van der Waals surface area contributed by atoms with Crippen LogP contribution in [0, 0.1) is 11.6 Å². The van der Waals surface area contributed by atoms with Gasteiger partial charge >= 0.3 is 0 Å². The standard InChI is InChI=1S/C13H18F2N2O.ClH/c14-11-7-10(8-12(15)9-11)13(1-6-18)17-4-2-16-3-5-17;/h7-9,13,16,18H,1-6H2;1H/t13-;/m1./s1. The molecule has 2 N–H and O–H groups in total. The van der Waals surface area contributed by atoms with E-state index in [0.29, 0.717) is 12.0 Å². The molecule has 3 nitrogen and oxygen atoms in total. The van der Waals surface area contributed by atoms with Crippen LogP contribution in [0.25, 0.3) is 0 Å². The van der Waals surface area contributed by atoms with E-state index in [-0.39, 0.29) is 25.1 Å². The zero-order chi connectivity index (χ0) is 13.0. The first-order valence-corrected chi connectivity index (χ1v) is 6.22. The number of aliphatic hydroxyl groups excluding tert-OH is 1. The maximum absolute atomic E-state index is 13.3.